The summed E-state index contributed by atoms with van der Waals surface area (Å²) in [7, 11) is 0. The zero-order valence-electron chi connectivity index (χ0n) is 29.9. The van der Waals surface area contributed by atoms with Crippen molar-refractivity contribution in [2.75, 3.05) is 0 Å². The predicted octanol–water partition coefficient (Wildman–Crippen LogP) is 14.0. The van der Waals surface area contributed by atoms with Gasteiger partial charge in [-0.05, 0) is 57.8 Å². The van der Waals surface area contributed by atoms with Gasteiger partial charge in [-0.1, -0.05) is 152 Å². The molecule has 11 aromatic rings. The zero-order chi connectivity index (χ0) is 37.0. The summed E-state index contributed by atoms with van der Waals surface area (Å²) in [5.74, 6) is 1.91. The molecule has 56 heavy (non-hydrogen) atoms. The van der Waals surface area contributed by atoms with Gasteiger partial charge in [0.2, 0.25) is 0 Å². The Labute approximate surface area is 331 Å². The summed E-state index contributed by atoms with van der Waals surface area (Å²) < 4.78 is 3.74. The monoisotopic (exact) mass is 750 g/mol. The maximum atomic E-state index is 5.34. The molecular formula is C50H30N4S2. The summed E-state index contributed by atoms with van der Waals surface area (Å²) in [6.45, 7) is 0. The largest absolute Gasteiger partial charge is 0.235 e. The van der Waals surface area contributed by atoms with Crippen molar-refractivity contribution >= 4 is 63.8 Å². The standard InChI is InChI=1S/C50H30N4S2/c1-4-13-31(14-5-1)35-19-12-20-37(27-35)48-52-47(33-15-6-2-7-16-33)53-49(54-48)38-26-24-32-23-25-36(28-39(32)29-38)44-45-40-21-10-11-22-41(40)55-42(45)30-43-46(44)51-50(56-43)34-17-8-3-9-18-34/h1-30H. The summed E-state index contributed by atoms with van der Waals surface area (Å²) in [5.41, 5.74) is 9.55. The Balaban J connectivity index is 1.09. The van der Waals surface area contributed by atoms with Crippen molar-refractivity contribution < 1.29 is 0 Å². The molecule has 0 unspecified atom stereocenters. The minimum atomic E-state index is 0.631. The molecular weight excluding hydrogens is 721 g/mol. The molecule has 0 aliphatic rings. The van der Waals surface area contributed by atoms with Crippen molar-refractivity contribution in [2.24, 2.45) is 0 Å². The number of fused-ring (bicyclic) bond motifs is 5. The van der Waals surface area contributed by atoms with Gasteiger partial charge in [0.05, 0.1) is 10.2 Å². The van der Waals surface area contributed by atoms with Gasteiger partial charge in [-0.3, -0.25) is 0 Å². The SMILES string of the molecule is c1ccc(-c2cccc(-c3nc(-c4ccccc4)nc(-c4ccc5ccc(-c6c7nc(-c8ccccc8)sc7cc7sc8ccccc8c67)cc5c4)n3)c2)cc1. The van der Waals surface area contributed by atoms with Crippen LogP contribution < -0.4 is 0 Å². The van der Waals surface area contributed by atoms with E-state index in [1.165, 1.54) is 30.4 Å². The molecule has 0 atom stereocenters. The molecule has 0 radical (unpaired) electrons. The molecule has 0 fully saturated rings. The lowest BCUT2D eigenvalue weighted by atomic mass is 9.95. The Morgan fingerprint density at radius 3 is 1.64 bits per heavy atom. The van der Waals surface area contributed by atoms with E-state index in [1.54, 1.807) is 11.3 Å². The van der Waals surface area contributed by atoms with E-state index in [0.29, 0.717) is 17.5 Å². The first-order valence-electron chi connectivity index (χ1n) is 18.5. The second-order valence-electron chi connectivity index (χ2n) is 13.9. The lowest BCUT2D eigenvalue weighted by Gasteiger charge is -2.11. The van der Waals surface area contributed by atoms with Crippen LogP contribution in [0.2, 0.25) is 0 Å². The molecule has 3 aromatic heterocycles. The van der Waals surface area contributed by atoms with Crippen LogP contribution in [0, 0.1) is 0 Å². The summed E-state index contributed by atoms with van der Waals surface area (Å²) in [6, 6.07) is 63.8. The van der Waals surface area contributed by atoms with Gasteiger partial charge in [-0.25, -0.2) is 19.9 Å². The topological polar surface area (TPSA) is 51.6 Å². The van der Waals surface area contributed by atoms with Crippen molar-refractivity contribution in [3.8, 4) is 67.0 Å². The number of hydrogen-bond donors (Lipinski definition) is 0. The predicted molar refractivity (Wildman–Crippen MR) is 236 cm³/mol. The van der Waals surface area contributed by atoms with Crippen molar-refractivity contribution in [2.45, 2.75) is 0 Å². The second kappa shape index (κ2) is 13.5. The third-order valence-corrected chi connectivity index (χ3v) is 12.5. The molecule has 6 heteroatoms. The van der Waals surface area contributed by atoms with Crippen LogP contribution in [0.15, 0.2) is 182 Å². The van der Waals surface area contributed by atoms with E-state index in [0.717, 1.165) is 60.2 Å². The number of thiazole rings is 1. The Morgan fingerprint density at radius 1 is 0.321 bits per heavy atom. The number of thiophene rings is 1. The molecule has 11 rings (SSSR count). The van der Waals surface area contributed by atoms with Crippen LogP contribution in [0.1, 0.15) is 0 Å². The highest BCUT2D eigenvalue weighted by Gasteiger charge is 2.20. The highest BCUT2D eigenvalue weighted by atomic mass is 32.1. The summed E-state index contributed by atoms with van der Waals surface area (Å²) in [6.07, 6.45) is 0. The summed E-state index contributed by atoms with van der Waals surface area (Å²) in [5, 5.41) is 5.80. The average molecular weight is 751 g/mol. The molecule has 3 heterocycles. The molecule has 0 bridgehead atoms. The molecule has 0 saturated heterocycles. The smallest absolute Gasteiger partial charge is 0.164 e. The van der Waals surface area contributed by atoms with Gasteiger partial charge < -0.3 is 0 Å². The van der Waals surface area contributed by atoms with E-state index in [9.17, 15) is 0 Å². The van der Waals surface area contributed by atoms with Gasteiger partial charge >= 0.3 is 0 Å². The maximum Gasteiger partial charge on any atom is 0.164 e. The quantitative estimate of drug-likeness (QED) is 0.170. The fourth-order valence-electron chi connectivity index (χ4n) is 7.62. The van der Waals surface area contributed by atoms with Crippen molar-refractivity contribution in [3.63, 3.8) is 0 Å². The number of rotatable bonds is 6. The zero-order valence-corrected chi connectivity index (χ0v) is 31.6. The van der Waals surface area contributed by atoms with E-state index in [2.05, 4.69) is 146 Å². The third-order valence-electron chi connectivity index (χ3n) is 10.3. The molecule has 262 valence electrons. The number of hydrogen-bond acceptors (Lipinski definition) is 6. The Morgan fingerprint density at radius 2 is 0.893 bits per heavy atom. The molecule has 0 amide bonds. The number of nitrogens with zero attached hydrogens (tertiary/aromatic N) is 4. The average Bonchev–Trinajstić information content (AvgIpc) is 3.87. The van der Waals surface area contributed by atoms with Gasteiger partial charge in [-0.15, -0.1) is 22.7 Å². The minimum absolute atomic E-state index is 0.631. The summed E-state index contributed by atoms with van der Waals surface area (Å²) in [4.78, 5) is 20.6. The molecule has 0 N–H and O–H groups in total. The minimum Gasteiger partial charge on any atom is -0.235 e. The van der Waals surface area contributed by atoms with Crippen LogP contribution in [-0.4, -0.2) is 19.9 Å². The van der Waals surface area contributed by atoms with E-state index >= 15 is 0 Å². The molecule has 0 aliphatic heterocycles. The van der Waals surface area contributed by atoms with E-state index < -0.39 is 0 Å². The van der Waals surface area contributed by atoms with E-state index in [1.807, 2.05) is 47.7 Å². The van der Waals surface area contributed by atoms with Crippen LogP contribution in [-0.2, 0) is 0 Å². The first kappa shape index (κ1) is 32.6. The number of benzene rings is 8. The van der Waals surface area contributed by atoms with Crippen LogP contribution >= 0.6 is 22.7 Å². The van der Waals surface area contributed by atoms with Gasteiger partial charge in [0, 0.05) is 48.0 Å². The third kappa shape index (κ3) is 5.75. The molecule has 0 saturated carbocycles. The fourth-order valence-corrected chi connectivity index (χ4v) is 9.87. The van der Waals surface area contributed by atoms with Gasteiger partial charge in [-0.2, -0.15) is 0 Å². The Hall–Kier alpha value is -6.86. The summed E-state index contributed by atoms with van der Waals surface area (Å²) >= 11 is 3.61. The van der Waals surface area contributed by atoms with Crippen LogP contribution in [0.5, 0.6) is 0 Å². The molecule has 0 aliphatic carbocycles. The van der Waals surface area contributed by atoms with Crippen molar-refractivity contribution in [1.29, 1.82) is 0 Å². The fraction of sp³-hybridized carbons (Fsp3) is 0. The Kier molecular flexibility index (Phi) is 7.83. The maximum absolute atomic E-state index is 5.34. The second-order valence-corrected chi connectivity index (χ2v) is 16.0. The van der Waals surface area contributed by atoms with Crippen molar-refractivity contribution in [1.82, 2.24) is 19.9 Å². The Bertz CT molecular complexity index is 3240. The van der Waals surface area contributed by atoms with E-state index in [4.69, 9.17) is 19.9 Å². The van der Waals surface area contributed by atoms with Crippen LogP contribution in [0.3, 0.4) is 0 Å². The lowest BCUT2D eigenvalue weighted by molar-refractivity contribution is 1.07. The first-order valence-corrected chi connectivity index (χ1v) is 20.2. The van der Waals surface area contributed by atoms with Crippen LogP contribution in [0.25, 0.3) is 108 Å². The van der Waals surface area contributed by atoms with Gasteiger partial charge in [0.1, 0.15) is 5.01 Å². The highest BCUT2D eigenvalue weighted by molar-refractivity contribution is 7.27. The van der Waals surface area contributed by atoms with E-state index in [-0.39, 0.29) is 0 Å². The lowest BCUT2D eigenvalue weighted by Crippen LogP contribution is -2.00. The van der Waals surface area contributed by atoms with Gasteiger partial charge in [0.25, 0.3) is 0 Å². The highest BCUT2D eigenvalue weighted by Crippen LogP contribution is 2.47. The molecule has 4 nitrogen and oxygen atoms in total. The normalized spacial score (nSPS) is 11.6. The number of aromatic nitrogens is 4. The van der Waals surface area contributed by atoms with Crippen LogP contribution in [0.4, 0.5) is 0 Å². The van der Waals surface area contributed by atoms with Crippen molar-refractivity contribution in [3.05, 3.63) is 182 Å². The first-order chi connectivity index (χ1) is 27.7. The van der Waals surface area contributed by atoms with Gasteiger partial charge in [0.15, 0.2) is 17.5 Å². The molecule has 8 aromatic carbocycles. The molecule has 0 spiro atoms.